The highest BCUT2D eigenvalue weighted by molar-refractivity contribution is 5.28. The summed E-state index contributed by atoms with van der Waals surface area (Å²) in [5.74, 6) is 0.683. The molecule has 0 aliphatic rings. The van der Waals surface area contributed by atoms with Gasteiger partial charge in [0.2, 0.25) is 0 Å². The number of benzene rings is 1. The molecule has 0 bridgehead atoms. The van der Waals surface area contributed by atoms with Crippen LogP contribution in [0.15, 0.2) is 24.3 Å². The van der Waals surface area contributed by atoms with Crippen LogP contribution in [-0.4, -0.2) is 18.8 Å². The summed E-state index contributed by atoms with van der Waals surface area (Å²) < 4.78 is 5.96. The third-order valence-corrected chi connectivity index (χ3v) is 3.55. The maximum absolute atomic E-state index is 5.96. The minimum Gasteiger partial charge on any atom is -0.374 e. The molecular formula is C18H31NO. The molecule has 1 aromatic rings. The lowest BCUT2D eigenvalue weighted by atomic mass is 9.89. The van der Waals surface area contributed by atoms with Crippen molar-refractivity contribution in [3.8, 4) is 0 Å². The van der Waals surface area contributed by atoms with Gasteiger partial charge in [0, 0.05) is 6.61 Å². The summed E-state index contributed by atoms with van der Waals surface area (Å²) in [6.45, 7) is 14.7. The van der Waals surface area contributed by atoms with Crippen LogP contribution in [-0.2, 0) is 11.2 Å². The molecule has 2 nitrogen and oxygen atoms in total. The Balaban J connectivity index is 3.02. The number of ether oxygens (including phenoxy) is 1. The predicted octanol–water partition coefficient (Wildman–Crippen LogP) is 4.35. The van der Waals surface area contributed by atoms with Crippen LogP contribution in [0.5, 0.6) is 0 Å². The molecule has 0 spiro atoms. The number of rotatable bonds is 8. The molecule has 0 saturated carbocycles. The summed E-state index contributed by atoms with van der Waals surface area (Å²) in [5, 5.41) is 3.58. The zero-order valence-electron chi connectivity index (χ0n) is 14.0. The first-order chi connectivity index (χ1) is 9.40. The second-order valence-electron chi connectivity index (χ2n) is 6.37. The molecule has 0 heterocycles. The lowest BCUT2D eigenvalue weighted by Crippen LogP contribution is -2.41. The van der Waals surface area contributed by atoms with Crippen LogP contribution in [0, 0.1) is 5.92 Å². The SMILES string of the molecule is CCNC(c1cccc(CC(C)C)c1)C(C)(C)OCC. The first kappa shape index (κ1) is 17.2. The van der Waals surface area contributed by atoms with Gasteiger partial charge in [-0.1, -0.05) is 45.0 Å². The van der Waals surface area contributed by atoms with Crippen LogP contribution in [0.25, 0.3) is 0 Å². The number of likely N-dealkylation sites (N-methyl/N-ethyl adjacent to an activating group) is 1. The minimum absolute atomic E-state index is 0.207. The van der Waals surface area contributed by atoms with E-state index in [0.29, 0.717) is 5.92 Å². The van der Waals surface area contributed by atoms with Gasteiger partial charge in [0.1, 0.15) is 0 Å². The Labute approximate surface area is 124 Å². The number of hydrogen-bond acceptors (Lipinski definition) is 2. The second kappa shape index (κ2) is 7.80. The van der Waals surface area contributed by atoms with E-state index in [1.54, 1.807) is 0 Å². The third kappa shape index (κ3) is 4.92. The smallest absolute Gasteiger partial charge is 0.0820 e. The Kier molecular flexibility index (Phi) is 6.70. The van der Waals surface area contributed by atoms with Crippen LogP contribution in [0.2, 0.25) is 0 Å². The summed E-state index contributed by atoms with van der Waals surface area (Å²) in [4.78, 5) is 0. The van der Waals surface area contributed by atoms with Crippen LogP contribution < -0.4 is 5.32 Å². The van der Waals surface area contributed by atoms with Crippen molar-refractivity contribution in [2.24, 2.45) is 5.92 Å². The highest BCUT2D eigenvalue weighted by Gasteiger charge is 2.30. The van der Waals surface area contributed by atoms with Crippen LogP contribution in [0.4, 0.5) is 0 Å². The minimum atomic E-state index is -0.207. The third-order valence-electron chi connectivity index (χ3n) is 3.55. The van der Waals surface area contributed by atoms with Gasteiger partial charge in [0.15, 0.2) is 0 Å². The van der Waals surface area contributed by atoms with Crippen molar-refractivity contribution in [3.63, 3.8) is 0 Å². The van der Waals surface area contributed by atoms with Crippen molar-refractivity contribution >= 4 is 0 Å². The summed E-state index contributed by atoms with van der Waals surface area (Å²) in [6, 6.07) is 9.14. The first-order valence-corrected chi connectivity index (χ1v) is 7.86. The molecule has 2 heteroatoms. The maximum atomic E-state index is 5.96. The number of hydrogen-bond donors (Lipinski definition) is 1. The molecule has 0 saturated heterocycles. The normalized spacial score (nSPS) is 13.8. The molecule has 0 radical (unpaired) electrons. The van der Waals surface area contributed by atoms with Gasteiger partial charge in [-0.25, -0.2) is 0 Å². The van der Waals surface area contributed by atoms with E-state index in [9.17, 15) is 0 Å². The van der Waals surface area contributed by atoms with E-state index in [1.165, 1.54) is 11.1 Å². The van der Waals surface area contributed by atoms with E-state index >= 15 is 0 Å². The van der Waals surface area contributed by atoms with Gasteiger partial charge in [-0.05, 0) is 50.8 Å². The Morgan fingerprint density at radius 3 is 2.45 bits per heavy atom. The summed E-state index contributed by atoms with van der Waals surface area (Å²) in [6.07, 6.45) is 1.13. The van der Waals surface area contributed by atoms with Gasteiger partial charge in [-0.3, -0.25) is 0 Å². The van der Waals surface area contributed by atoms with Gasteiger partial charge < -0.3 is 10.1 Å². The van der Waals surface area contributed by atoms with Gasteiger partial charge >= 0.3 is 0 Å². The molecule has 20 heavy (non-hydrogen) atoms. The fraction of sp³-hybridized carbons (Fsp3) is 0.667. The van der Waals surface area contributed by atoms with Crippen molar-refractivity contribution in [3.05, 3.63) is 35.4 Å². The quantitative estimate of drug-likeness (QED) is 0.762. The lowest BCUT2D eigenvalue weighted by Gasteiger charge is -2.35. The van der Waals surface area contributed by atoms with E-state index in [1.807, 2.05) is 0 Å². The number of nitrogens with one attached hydrogen (secondary N) is 1. The van der Waals surface area contributed by atoms with Crippen molar-refractivity contribution in [2.45, 2.75) is 59.6 Å². The Morgan fingerprint density at radius 1 is 1.20 bits per heavy atom. The topological polar surface area (TPSA) is 21.3 Å². The fourth-order valence-corrected chi connectivity index (χ4v) is 2.80. The van der Waals surface area contributed by atoms with Crippen LogP contribution in [0.3, 0.4) is 0 Å². The molecule has 1 unspecified atom stereocenters. The molecule has 0 fully saturated rings. The molecule has 0 aromatic heterocycles. The Hall–Kier alpha value is -0.860. The second-order valence-corrected chi connectivity index (χ2v) is 6.37. The van der Waals surface area contributed by atoms with Gasteiger partial charge in [0.05, 0.1) is 11.6 Å². The van der Waals surface area contributed by atoms with E-state index in [0.717, 1.165) is 19.6 Å². The highest BCUT2D eigenvalue weighted by Crippen LogP contribution is 2.29. The largest absolute Gasteiger partial charge is 0.374 e. The summed E-state index contributed by atoms with van der Waals surface area (Å²) >= 11 is 0. The van der Waals surface area contributed by atoms with E-state index in [2.05, 4.69) is 71.1 Å². The molecule has 0 aliphatic heterocycles. The molecular weight excluding hydrogens is 246 g/mol. The van der Waals surface area contributed by atoms with Crippen molar-refractivity contribution in [1.82, 2.24) is 5.32 Å². The molecule has 0 amide bonds. The lowest BCUT2D eigenvalue weighted by molar-refractivity contribution is -0.0388. The average molecular weight is 277 g/mol. The standard InChI is InChI=1S/C18H31NO/c1-7-19-17(18(5,6)20-8-2)16-11-9-10-15(13-16)12-14(3)4/h9-11,13-14,17,19H,7-8,12H2,1-6H3. The van der Waals surface area contributed by atoms with Crippen molar-refractivity contribution < 1.29 is 4.74 Å². The van der Waals surface area contributed by atoms with Gasteiger partial charge in [0.25, 0.3) is 0 Å². The van der Waals surface area contributed by atoms with E-state index < -0.39 is 0 Å². The molecule has 114 valence electrons. The zero-order valence-corrected chi connectivity index (χ0v) is 14.0. The molecule has 1 rings (SSSR count). The maximum Gasteiger partial charge on any atom is 0.0820 e. The first-order valence-electron chi connectivity index (χ1n) is 7.86. The molecule has 1 N–H and O–H groups in total. The molecule has 0 aliphatic carbocycles. The fourth-order valence-electron chi connectivity index (χ4n) is 2.80. The highest BCUT2D eigenvalue weighted by atomic mass is 16.5. The van der Waals surface area contributed by atoms with Crippen molar-refractivity contribution in [2.75, 3.05) is 13.2 Å². The molecule has 1 atom stereocenters. The summed E-state index contributed by atoms with van der Waals surface area (Å²) in [7, 11) is 0. The predicted molar refractivity (Wildman–Crippen MR) is 87.1 cm³/mol. The molecule has 1 aromatic carbocycles. The van der Waals surface area contributed by atoms with E-state index in [4.69, 9.17) is 4.74 Å². The van der Waals surface area contributed by atoms with Crippen molar-refractivity contribution in [1.29, 1.82) is 0 Å². The van der Waals surface area contributed by atoms with Crippen LogP contribution >= 0.6 is 0 Å². The average Bonchev–Trinajstić information content (AvgIpc) is 2.35. The van der Waals surface area contributed by atoms with Crippen LogP contribution in [0.1, 0.15) is 58.7 Å². The Bertz CT molecular complexity index is 398. The monoisotopic (exact) mass is 277 g/mol. The summed E-state index contributed by atoms with van der Waals surface area (Å²) in [5.41, 5.74) is 2.53. The van der Waals surface area contributed by atoms with Gasteiger partial charge in [-0.15, -0.1) is 0 Å². The van der Waals surface area contributed by atoms with E-state index in [-0.39, 0.29) is 11.6 Å². The zero-order chi connectivity index (χ0) is 15.2. The van der Waals surface area contributed by atoms with Gasteiger partial charge in [-0.2, -0.15) is 0 Å². The Morgan fingerprint density at radius 2 is 1.90 bits per heavy atom.